The lowest BCUT2D eigenvalue weighted by atomic mass is 10.0. The van der Waals surface area contributed by atoms with Gasteiger partial charge in [0.25, 0.3) is 0 Å². The molecule has 0 aliphatic heterocycles. The molecule has 3 N–H and O–H groups in total. The lowest BCUT2D eigenvalue weighted by molar-refractivity contribution is -0.127. The van der Waals surface area contributed by atoms with Gasteiger partial charge in [0, 0.05) is 0 Å². The number of hydrogen-bond acceptors (Lipinski definition) is 3. The van der Waals surface area contributed by atoms with E-state index in [9.17, 15) is 4.79 Å². The van der Waals surface area contributed by atoms with E-state index in [1.54, 1.807) is 0 Å². The van der Waals surface area contributed by atoms with Crippen LogP contribution in [0.25, 0.3) is 0 Å². The maximum atomic E-state index is 11.4. The minimum Gasteiger partial charge on any atom is -0.392 e. The molecule has 1 unspecified atom stereocenters. The SMILES string of the molecule is CC(C)OCC(=O)NC(C(N)=S)C(C)C. The van der Waals surface area contributed by atoms with Gasteiger partial charge in [-0.1, -0.05) is 26.1 Å². The first-order valence-corrected chi connectivity index (χ1v) is 5.45. The minimum absolute atomic E-state index is 0.0399. The Hall–Kier alpha value is -0.680. The number of nitrogens with two attached hydrogens (primary N) is 1. The molecule has 0 saturated heterocycles. The van der Waals surface area contributed by atoms with Crippen LogP contribution in [0.3, 0.4) is 0 Å². The standard InChI is InChI=1S/C10H20N2O2S/c1-6(2)9(10(11)15)12-8(13)5-14-7(3)4/h6-7,9H,5H2,1-4H3,(H2,11,15)(H,12,13). The van der Waals surface area contributed by atoms with Gasteiger partial charge in [-0.05, 0) is 19.8 Å². The first-order valence-electron chi connectivity index (χ1n) is 5.04. The number of rotatable bonds is 6. The predicted octanol–water partition coefficient (Wildman–Crippen LogP) is 0.838. The molecule has 0 bridgehead atoms. The zero-order chi connectivity index (χ0) is 12.0. The van der Waals surface area contributed by atoms with E-state index in [4.69, 9.17) is 22.7 Å². The average Bonchev–Trinajstić information content (AvgIpc) is 2.09. The molecule has 1 amide bonds. The molecule has 4 nitrogen and oxygen atoms in total. The van der Waals surface area contributed by atoms with E-state index in [0.717, 1.165) is 0 Å². The zero-order valence-corrected chi connectivity index (χ0v) is 10.6. The Morgan fingerprint density at radius 3 is 2.27 bits per heavy atom. The summed E-state index contributed by atoms with van der Waals surface area (Å²) in [4.78, 5) is 11.7. The van der Waals surface area contributed by atoms with Crippen LogP contribution in [0.2, 0.25) is 0 Å². The third kappa shape index (κ3) is 6.41. The largest absolute Gasteiger partial charge is 0.392 e. The van der Waals surface area contributed by atoms with Gasteiger partial charge in [0.2, 0.25) is 5.91 Å². The van der Waals surface area contributed by atoms with Crippen LogP contribution in [-0.4, -0.2) is 29.6 Å². The molecule has 0 radical (unpaired) electrons. The van der Waals surface area contributed by atoms with Gasteiger partial charge in [-0.15, -0.1) is 0 Å². The summed E-state index contributed by atoms with van der Waals surface area (Å²) < 4.78 is 5.17. The molecule has 0 aromatic rings. The molecule has 0 saturated carbocycles. The first-order chi connectivity index (χ1) is 6.84. The highest BCUT2D eigenvalue weighted by Crippen LogP contribution is 2.01. The lowest BCUT2D eigenvalue weighted by Crippen LogP contribution is -2.48. The molecule has 15 heavy (non-hydrogen) atoms. The monoisotopic (exact) mass is 232 g/mol. The number of ether oxygens (including phenoxy) is 1. The fourth-order valence-corrected chi connectivity index (χ4v) is 1.35. The number of carbonyl (C=O) groups excluding carboxylic acids is 1. The fourth-order valence-electron chi connectivity index (χ4n) is 1.02. The molecule has 0 aliphatic carbocycles. The van der Waals surface area contributed by atoms with E-state index in [1.807, 2.05) is 27.7 Å². The number of carbonyl (C=O) groups is 1. The minimum atomic E-state index is -0.261. The van der Waals surface area contributed by atoms with E-state index in [0.29, 0.717) is 4.99 Å². The molecule has 5 heteroatoms. The second kappa shape index (κ2) is 6.74. The summed E-state index contributed by atoms with van der Waals surface area (Å²) in [5, 5.41) is 2.74. The lowest BCUT2D eigenvalue weighted by Gasteiger charge is -2.21. The van der Waals surface area contributed by atoms with Crippen molar-refractivity contribution < 1.29 is 9.53 Å². The highest BCUT2D eigenvalue weighted by molar-refractivity contribution is 7.80. The predicted molar refractivity (Wildman–Crippen MR) is 64.6 cm³/mol. The molecule has 0 heterocycles. The van der Waals surface area contributed by atoms with Crippen LogP contribution in [0, 0.1) is 5.92 Å². The van der Waals surface area contributed by atoms with Gasteiger partial charge in [0.15, 0.2) is 0 Å². The molecular formula is C10H20N2O2S. The average molecular weight is 232 g/mol. The van der Waals surface area contributed by atoms with Crippen LogP contribution < -0.4 is 11.1 Å². The smallest absolute Gasteiger partial charge is 0.246 e. The second-order valence-electron chi connectivity index (χ2n) is 4.05. The summed E-state index contributed by atoms with van der Waals surface area (Å²) in [6, 6.07) is -0.261. The molecule has 88 valence electrons. The fraction of sp³-hybridized carbons (Fsp3) is 0.800. The number of hydrogen-bond donors (Lipinski definition) is 2. The van der Waals surface area contributed by atoms with Crippen molar-refractivity contribution >= 4 is 23.1 Å². The molecular weight excluding hydrogens is 212 g/mol. The summed E-state index contributed by atoms with van der Waals surface area (Å²) in [5.41, 5.74) is 5.52. The molecule has 0 aliphatic rings. The van der Waals surface area contributed by atoms with Crippen molar-refractivity contribution in [1.29, 1.82) is 0 Å². The highest BCUT2D eigenvalue weighted by Gasteiger charge is 2.18. The van der Waals surface area contributed by atoms with Gasteiger partial charge in [-0.25, -0.2) is 0 Å². The Kier molecular flexibility index (Phi) is 6.43. The van der Waals surface area contributed by atoms with Crippen LogP contribution in [0.15, 0.2) is 0 Å². The Bertz CT molecular complexity index is 229. The van der Waals surface area contributed by atoms with Crippen LogP contribution in [0.4, 0.5) is 0 Å². The summed E-state index contributed by atoms with van der Waals surface area (Å²) >= 11 is 4.87. The third-order valence-corrected chi connectivity index (χ3v) is 2.09. The summed E-state index contributed by atoms with van der Waals surface area (Å²) in [6.07, 6.45) is 0.0399. The maximum Gasteiger partial charge on any atom is 0.246 e. The van der Waals surface area contributed by atoms with E-state index < -0.39 is 0 Å². The number of amides is 1. The highest BCUT2D eigenvalue weighted by atomic mass is 32.1. The van der Waals surface area contributed by atoms with Crippen molar-refractivity contribution in [2.24, 2.45) is 11.7 Å². The van der Waals surface area contributed by atoms with E-state index in [1.165, 1.54) is 0 Å². The van der Waals surface area contributed by atoms with Gasteiger partial charge in [0.1, 0.15) is 6.61 Å². The molecule has 0 fully saturated rings. The van der Waals surface area contributed by atoms with Crippen molar-refractivity contribution in [2.75, 3.05) is 6.61 Å². The molecule has 0 aromatic carbocycles. The van der Waals surface area contributed by atoms with Gasteiger partial charge in [0.05, 0.1) is 17.1 Å². The van der Waals surface area contributed by atoms with Gasteiger partial charge in [-0.3, -0.25) is 4.79 Å². The van der Waals surface area contributed by atoms with Crippen LogP contribution in [-0.2, 0) is 9.53 Å². The van der Waals surface area contributed by atoms with Gasteiger partial charge >= 0.3 is 0 Å². The van der Waals surface area contributed by atoms with E-state index in [-0.39, 0.29) is 30.6 Å². The topological polar surface area (TPSA) is 64.3 Å². The van der Waals surface area contributed by atoms with Crippen molar-refractivity contribution in [3.8, 4) is 0 Å². The Morgan fingerprint density at radius 2 is 1.93 bits per heavy atom. The molecule has 0 rings (SSSR count). The third-order valence-electron chi connectivity index (χ3n) is 1.84. The number of nitrogens with one attached hydrogen (secondary N) is 1. The normalized spacial score (nSPS) is 12.9. The molecule has 0 aromatic heterocycles. The van der Waals surface area contributed by atoms with Crippen molar-refractivity contribution in [3.63, 3.8) is 0 Å². The second-order valence-corrected chi connectivity index (χ2v) is 4.52. The van der Waals surface area contributed by atoms with Crippen molar-refractivity contribution in [2.45, 2.75) is 39.8 Å². The van der Waals surface area contributed by atoms with Gasteiger partial charge in [-0.2, -0.15) is 0 Å². The van der Waals surface area contributed by atoms with Crippen LogP contribution >= 0.6 is 12.2 Å². The zero-order valence-electron chi connectivity index (χ0n) is 9.74. The van der Waals surface area contributed by atoms with Crippen LogP contribution in [0.5, 0.6) is 0 Å². The molecule has 0 spiro atoms. The Morgan fingerprint density at radius 1 is 1.40 bits per heavy atom. The van der Waals surface area contributed by atoms with Crippen molar-refractivity contribution in [1.82, 2.24) is 5.32 Å². The first kappa shape index (κ1) is 14.3. The summed E-state index contributed by atoms with van der Waals surface area (Å²) in [5.74, 6) is 0.000648. The Labute approximate surface area is 96.5 Å². The van der Waals surface area contributed by atoms with Gasteiger partial charge < -0.3 is 15.8 Å². The van der Waals surface area contributed by atoms with Crippen molar-refractivity contribution in [3.05, 3.63) is 0 Å². The van der Waals surface area contributed by atoms with E-state index in [2.05, 4.69) is 5.32 Å². The molecule has 1 atom stereocenters. The summed E-state index contributed by atoms with van der Waals surface area (Å²) in [6.45, 7) is 7.70. The number of thiocarbonyl (C=S) groups is 1. The van der Waals surface area contributed by atoms with Crippen LogP contribution in [0.1, 0.15) is 27.7 Å². The van der Waals surface area contributed by atoms with E-state index >= 15 is 0 Å². The quantitative estimate of drug-likeness (QED) is 0.666. The maximum absolute atomic E-state index is 11.4. The summed E-state index contributed by atoms with van der Waals surface area (Å²) in [7, 11) is 0. The Balaban J connectivity index is 4.07.